The van der Waals surface area contributed by atoms with Gasteiger partial charge in [-0.25, -0.2) is 4.39 Å². The van der Waals surface area contributed by atoms with E-state index in [1.165, 1.54) is 12.3 Å². The Bertz CT molecular complexity index is 442. The molecule has 0 amide bonds. The number of aromatic nitrogens is 2. The van der Waals surface area contributed by atoms with Crippen molar-refractivity contribution in [3.63, 3.8) is 0 Å². The highest BCUT2D eigenvalue weighted by Crippen LogP contribution is 2.28. The van der Waals surface area contributed by atoms with E-state index >= 15 is 0 Å². The number of halogens is 1. The standard InChI is InChI=1S/C10H10FN3/c1-6-3-2-4-7(11)9(6)10-8(12)5-13-14-10/h2-5H,12H2,1H3,(H,13,14). The highest BCUT2D eigenvalue weighted by molar-refractivity contribution is 5.74. The molecule has 2 aromatic rings. The number of benzene rings is 1. The summed E-state index contributed by atoms with van der Waals surface area (Å²) in [6, 6.07) is 4.90. The van der Waals surface area contributed by atoms with Crippen LogP contribution in [0.1, 0.15) is 5.56 Å². The predicted molar refractivity (Wildman–Crippen MR) is 53.1 cm³/mol. The topological polar surface area (TPSA) is 54.7 Å². The summed E-state index contributed by atoms with van der Waals surface area (Å²) in [6.45, 7) is 1.83. The number of nitrogens with two attached hydrogens (primary N) is 1. The van der Waals surface area contributed by atoms with E-state index in [1.807, 2.05) is 13.0 Å². The summed E-state index contributed by atoms with van der Waals surface area (Å²) in [7, 11) is 0. The van der Waals surface area contributed by atoms with Gasteiger partial charge >= 0.3 is 0 Å². The maximum atomic E-state index is 13.5. The fraction of sp³-hybridized carbons (Fsp3) is 0.100. The molecule has 2 rings (SSSR count). The normalized spacial score (nSPS) is 10.4. The van der Waals surface area contributed by atoms with Crippen molar-refractivity contribution >= 4 is 5.69 Å². The monoisotopic (exact) mass is 191 g/mol. The van der Waals surface area contributed by atoms with Crippen LogP contribution in [-0.2, 0) is 0 Å². The number of hydrogen-bond donors (Lipinski definition) is 2. The van der Waals surface area contributed by atoms with E-state index in [0.29, 0.717) is 16.9 Å². The summed E-state index contributed by atoms with van der Waals surface area (Å²) in [5, 5.41) is 6.45. The van der Waals surface area contributed by atoms with Crippen molar-refractivity contribution in [2.24, 2.45) is 0 Å². The molecule has 1 aromatic carbocycles. The number of nitrogens with one attached hydrogen (secondary N) is 1. The lowest BCUT2D eigenvalue weighted by Gasteiger charge is -2.05. The molecule has 0 saturated carbocycles. The third-order valence-corrected chi connectivity index (χ3v) is 2.14. The van der Waals surface area contributed by atoms with Gasteiger partial charge in [-0.15, -0.1) is 0 Å². The lowest BCUT2D eigenvalue weighted by atomic mass is 10.0. The minimum Gasteiger partial charge on any atom is -0.396 e. The molecule has 0 unspecified atom stereocenters. The van der Waals surface area contributed by atoms with Gasteiger partial charge in [0.05, 0.1) is 17.6 Å². The number of nitrogen functional groups attached to an aromatic ring is 1. The summed E-state index contributed by atoms with van der Waals surface area (Å²) < 4.78 is 13.5. The van der Waals surface area contributed by atoms with Gasteiger partial charge in [-0.05, 0) is 18.6 Å². The van der Waals surface area contributed by atoms with E-state index in [9.17, 15) is 4.39 Å². The minimum atomic E-state index is -0.291. The van der Waals surface area contributed by atoms with Gasteiger partial charge in [0, 0.05) is 5.56 Å². The molecule has 0 atom stereocenters. The Balaban J connectivity index is 2.68. The van der Waals surface area contributed by atoms with E-state index in [-0.39, 0.29) is 5.82 Å². The number of H-pyrrole nitrogens is 1. The van der Waals surface area contributed by atoms with E-state index in [1.54, 1.807) is 6.07 Å². The first-order valence-corrected chi connectivity index (χ1v) is 4.24. The van der Waals surface area contributed by atoms with Gasteiger partial charge < -0.3 is 5.73 Å². The average molecular weight is 191 g/mol. The zero-order valence-corrected chi connectivity index (χ0v) is 7.71. The summed E-state index contributed by atoms with van der Waals surface area (Å²) in [6.07, 6.45) is 1.47. The molecular weight excluding hydrogens is 181 g/mol. The fourth-order valence-electron chi connectivity index (χ4n) is 1.44. The Labute approximate surface area is 80.8 Å². The van der Waals surface area contributed by atoms with Gasteiger partial charge in [0.25, 0.3) is 0 Å². The third-order valence-electron chi connectivity index (χ3n) is 2.14. The smallest absolute Gasteiger partial charge is 0.132 e. The van der Waals surface area contributed by atoms with Crippen LogP contribution in [0.2, 0.25) is 0 Å². The molecular formula is C10H10FN3. The molecule has 0 fully saturated rings. The Morgan fingerprint density at radius 1 is 1.43 bits per heavy atom. The van der Waals surface area contributed by atoms with Crippen LogP contribution in [0.3, 0.4) is 0 Å². The van der Waals surface area contributed by atoms with Crippen molar-refractivity contribution in [1.29, 1.82) is 0 Å². The van der Waals surface area contributed by atoms with E-state index < -0.39 is 0 Å². The first-order valence-electron chi connectivity index (χ1n) is 4.24. The summed E-state index contributed by atoms with van der Waals surface area (Å²) >= 11 is 0. The molecule has 1 aromatic heterocycles. The van der Waals surface area contributed by atoms with Gasteiger partial charge in [-0.1, -0.05) is 12.1 Å². The van der Waals surface area contributed by atoms with Gasteiger partial charge in [0.15, 0.2) is 0 Å². The Morgan fingerprint density at radius 2 is 2.21 bits per heavy atom. The van der Waals surface area contributed by atoms with E-state index in [4.69, 9.17) is 5.73 Å². The highest BCUT2D eigenvalue weighted by atomic mass is 19.1. The van der Waals surface area contributed by atoms with Crippen molar-refractivity contribution in [3.8, 4) is 11.3 Å². The zero-order valence-electron chi connectivity index (χ0n) is 7.71. The molecule has 72 valence electrons. The maximum Gasteiger partial charge on any atom is 0.132 e. The number of rotatable bonds is 1. The lowest BCUT2D eigenvalue weighted by molar-refractivity contribution is 0.629. The summed E-state index contributed by atoms with van der Waals surface area (Å²) in [4.78, 5) is 0. The first kappa shape index (κ1) is 8.74. The van der Waals surface area contributed by atoms with Crippen LogP contribution in [-0.4, -0.2) is 10.2 Å². The zero-order chi connectivity index (χ0) is 10.1. The second-order valence-electron chi connectivity index (χ2n) is 3.13. The molecule has 3 N–H and O–H groups in total. The Morgan fingerprint density at radius 3 is 2.79 bits per heavy atom. The largest absolute Gasteiger partial charge is 0.396 e. The van der Waals surface area contributed by atoms with E-state index in [0.717, 1.165) is 5.56 Å². The molecule has 0 saturated heterocycles. The molecule has 0 spiro atoms. The van der Waals surface area contributed by atoms with Crippen molar-refractivity contribution in [2.45, 2.75) is 6.92 Å². The molecule has 0 aliphatic rings. The molecule has 14 heavy (non-hydrogen) atoms. The van der Waals surface area contributed by atoms with Crippen LogP contribution < -0.4 is 5.73 Å². The van der Waals surface area contributed by atoms with E-state index in [2.05, 4.69) is 10.2 Å². The van der Waals surface area contributed by atoms with Gasteiger partial charge in [0.2, 0.25) is 0 Å². The maximum absolute atomic E-state index is 13.5. The van der Waals surface area contributed by atoms with Crippen molar-refractivity contribution in [3.05, 3.63) is 35.8 Å². The van der Waals surface area contributed by atoms with Gasteiger partial charge in [0.1, 0.15) is 5.82 Å². The average Bonchev–Trinajstić information content (AvgIpc) is 2.52. The quantitative estimate of drug-likeness (QED) is 0.725. The molecule has 0 aliphatic heterocycles. The summed E-state index contributed by atoms with van der Waals surface area (Å²) in [5.41, 5.74) is 7.97. The predicted octanol–water partition coefficient (Wildman–Crippen LogP) is 2.11. The molecule has 0 bridgehead atoms. The number of aryl methyl sites for hydroxylation is 1. The second-order valence-corrected chi connectivity index (χ2v) is 3.13. The Kier molecular flexibility index (Phi) is 1.96. The molecule has 1 heterocycles. The SMILES string of the molecule is Cc1cccc(F)c1-c1[nH]ncc1N. The number of aromatic amines is 1. The highest BCUT2D eigenvalue weighted by Gasteiger charge is 2.11. The van der Waals surface area contributed by atoms with Gasteiger partial charge in [-0.3, -0.25) is 5.10 Å². The summed E-state index contributed by atoms with van der Waals surface area (Å²) in [5.74, 6) is -0.291. The Hall–Kier alpha value is -1.84. The molecule has 0 radical (unpaired) electrons. The van der Waals surface area contributed by atoms with Crippen LogP contribution in [0, 0.1) is 12.7 Å². The van der Waals surface area contributed by atoms with Gasteiger partial charge in [-0.2, -0.15) is 5.10 Å². The molecule has 0 aliphatic carbocycles. The number of anilines is 1. The third kappa shape index (κ3) is 1.25. The van der Waals surface area contributed by atoms with Crippen LogP contribution in [0.5, 0.6) is 0 Å². The number of hydrogen-bond acceptors (Lipinski definition) is 2. The van der Waals surface area contributed by atoms with Crippen LogP contribution in [0.25, 0.3) is 11.3 Å². The first-order chi connectivity index (χ1) is 6.70. The second kappa shape index (κ2) is 3.14. The minimum absolute atomic E-state index is 0.291. The lowest BCUT2D eigenvalue weighted by Crippen LogP contribution is -1.92. The van der Waals surface area contributed by atoms with Crippen molar-refractivity contribution in [2.75, 3.05) is 5.73 Å². The van der Waals surface area contributed by atoms with Crippen molar-refractivity contribution < 1.29 is 4.39 Å². The fourth-order valence-corrected chi connectivity index (χ4v) is 1.44. The van der Waals surface area contributed by atoms with Crippen LogP contribution in [0.4, 0.5) is 10.1 Å². The van der Waals surface area contributed by atoms with Crippen LogP contribution >= 0.6 is 0 Å². The molecule has 4 heteroatoms. The molecule has 3 nitrogen and oxygen atoms in total. The van der Waals surface area contributed by atoms with Crippen molar-refractivity contribution in [1.82, 2.24) is 10.2 Å². The number of nitrogens with zero attached hydrogens (tertiary/aromatic N) is 1. The van der Waals surface area contributed by atoms with Crippen LogP contribution in [0.15, 0.2) is 24.4 Å².